The van der Waals surface area contributed by atoms with Crippen LogP contribution in [0.5, 0.6) is 5.75 Å². The van der Waals surface area contributed by atoms with Crippen molar-refractivity contribution in [3.8, 4) is 5.75 Å². The first kappa shape index (κ1) is 14.9. The maximum Gasteiger partial charge on any atom is 0.124 e. The van der Waals surface area contributed by atoms with Crippen LogP contribution in [0.1, 0.15) is 24.1 Å². The molecule has 0 aliphatic heterocycles. The second-order valence-corrected chi connectivity index (χ2v) is 6.01. The van der Waals surface area contributed by atoms with Crippen molar-refractivity contribution in [2.75, 3.05) is 12.4 Å². The van der Waals surface area contributed by atoms with E-state index in [-0.39, 0.29) is 6.04 Å². The molecule has 2 aromatic carbocycles. The van der Waals surface area contributed by atoms with Gasteiger partial charge in [-0.1, -0.05) is 30.3 Å². The van der Waals surface area contributed by atoms with Crippen molar-refractivity contribution in [3.05, 3.63) is 59.7 Å². The van der Waals surface area contributed by atoms with Crippen LogP contribution < -0.4 is 10.5 Å². The molecule has 0 radical (unpaired) electrons. The SMILES string of the molecule is Cc1ccc([C@@H](C)N)c(OCCSc2ccccc2)c1. The van der Waals surface area contributed by atoms with E-state index in [9.17, 15) is 0 Å². The molecule has 3 heteroatoms. The van der Waals surface area contributed by atoms with Crippen molar-refractivity contribution < 1.29 is 4.74 Å². The first-order chi connectivity index (χ1) is 9.66. The van der Waals surface area contributed by atoms with Crippen LogP contribution in [0.4, 0.5) is 0 Å². The van der Waals surface area contributed by atoms with E-state index in [1.54, 1.807) is 11.8 Å². The summed E-state index contributed by atoms with van der Waals surface area (Å²) in [6.45, 7) is 4.73. The van der Waals surface area contributed by atoms with Crippen molar-refractivity contribution in [2.45, 2.75) is 24.8 Å². The minimum Gasteiger partial charge on any atom is -0.492 e. The summed E-state index contributed by atoms with van der Waals surface area (Å²) in [6.07, 6.45) is 0. The molecule has 2 N–H and O–H groups in total. The number of ether oxygens (including phenoxy) is 1. The Morgan fingerprint density at radius 3 is 2.60 bits per heavy atom. The van der Waals surface area contributed by atoms with E-state index in [0.717, 1.165) is 17.1 Å². The predicted octanol–water partition coefficient (Wildman–Crippen LogP) is 4.19. The average molecular weight is 287 g/mol. The molecular weight excluding hydrogens is 266 g/mol. The molecule has 2 nitrogen and oxygen atoms in total. The van der Waals surface area contributed by atoms with Crippen molar-refractivity contribution in [1.82, 2.24) is 0 Å². The first-order valence-corrected chi connectivity index (χ1v) is 7.82. The highest BCUT2D eigenvalue weighted by Gasteiger charge is 2.08. The predicted molar refractivity (Wildman–Crippen MR) is 86.4 cm³/mol. The highest BCUT2D eigenvalue weighted by molar-refractivity contribution is 7.99. The Bertz CT molecular complexity index is 540. The monoisotopic (exact) mass is 287 g/mol. The number of benzene rings is 2. The lowest BCUT2D eigenvalue weighted by Crippen LogP contribution is -2.09. The third kappa shape index (κ3) is 4.29. The van der Waals surface area contributed by atoms with Crippen LogP contribution in [0.2, 0.25) is 0 Å². The summed E-state index contributed by atoms with van der Waals surface area (Å²) in [5.74, 6) is 1.84. The van der Waals surface area contributed by atoms with Crippen LogP contribution in [-0.2, 0) is 0 Å². The summed E-state index contributed by atoms with van der Waals surface area (Å²) >= 11 is 1.80. The van der Waals surface area contributed by atoms with E-state index < -0.39 is 0 Å². The molecule has 0 bridgehead atoms. The van der Waals surface area contributed by atoms with Gasteiger partial charge in [0.1, 0.15) is 5.75 Å². The lowest BCUT2D eigenvalue weighted by molar-refractivity contribution is 0.338. The molecule has 0 aliphatic rings. The molecule has 0 amide bonds. The second-order valence-electron chi connectivity index (χ2n) is 4.84. The van der Waals surface area contributed by atoms with Crippen LogP contribution >= 0.6 is 11.8 Å². The smallest absolute Gasteiger partial charge is 0.124 e. The number of aryl methyl sites for hydroxylation is 1. The fourth-order valence-electron chi connectivity index (χ4n) is 1.97. The topological polar surface area (TPSA) is 35.2 Å². The van der Waals surface area contributed by atoms with E-state index in [4.69, 9.17) is 10.5 Å². The molecule has 2 rings (SSSR count). The van der Waals surface area contributed by atoms with Crippen LogP contribution in [0.3, 0.4) is 0 Å². The Morgan fingerprint density at radius 1 is 1.15 bits per heavy atom. The van der Waals surface area contributed by atoms with E-state index in [0.29, 0.717) is 6.61 Å². The number of nitrogens with two attached hydrogens (primary N) is 1. The molecule has 0 spiro atoms. The Balaban J connectivity index is 1.89. The molecule has 0 fully saturated rings. The normalized spacial score (nSPS) is 12.2. The maximum absolute atomic E-state index is 5.97. The van der Waals surface area contributed by atoms with Gasteiger partial charge in [-0.2, -0.15) is 0 Å². The molecule has 0 aliphatic carbocycles. The number of thioether (sulfide) groups is 1. The summed E-state index contributed by atoms with van der Waals surface area (Å²) in [7, 11) is 0. The molecule has 0 saturated carbocycles. The fraction of sp³-hybridized carbons (Fsp3) is 0.294. The van der Waals surface area contributed by atoms with E-state index >= 15 is 0 Å². The highest BCUT2D eigenvalue weighted by atomic mass is 32.2. The van der Waals surface area contributed by atoms with Crippen LogP contribution in [0.15, 0.2) is 53.4 Å². The molecule has 0 saturated heterocycles. The standard InChI is InChI=1S/C17H21NOS/c1-13-8-9-16(14(2)18)17(12-13)19-10-11-20-15-6-4-3-5-7-15/h3-9,12,14H,10-11,18H2,1-2H3/t14-/m1/s1. The van der Waals surface area contributed by atoms with Gasteiger partial charge in [0.15, 0.2) is 0 Å². The van der Waals surface area contributed by atoms with E-state index in [2.05, 4.69) is 49.4 Å². The zero-order valence-corrected chi connectivity index (χ0v) is 12.8. The average Bonchev–Trinajstić information content (AvgIpc) is 2.44. The Morgan fingerprint density at radius 2 is 1.90 bits per heavy atom. The first-order valence-electron chi connectivity index (χ1n) is 6.83. The zero-order valence-electron chi connectivity index (χ0n) is 12.0. The Hall–Kier alpha value is -1.45. The second kappa shape index (κ2) is 7.36. The number of hydrogen-bond acceptors (Lipinski definition) is 3. The summed E-state index contributed by atoms with van der Waals surface area (Å²) in [6, 6.07) is 16.6. The summed E-state index contributed by atoms with van der Waals surface area (Å²) in [5.41, 5.74) is 8.24. The molecule has 0 aromatic heterocycles. The minimum absolute atomic E-state index is 0.00706. The van der Waals surface area contributed by atoms with Gasteiger partial charge in [0.2, 0.25) is 0 Å². The Kier molecular flexibility index (Phi) is 5.50. The zero-order chi connectivity index (χ0) is 14.4. The van der Waals surface area contributed by atoms with Gasteiger partial charge in [0.25, 0.3) is 0 Å². The third-order valence-corrected chi connectivity index (χ3v) is 3.99. The highest BCUT2D eigenvalue weighted by Crippen LogP contribution is 2.25. The fourth-order valence-corrected chi connectivity index (χ4v) is 2.72. The van der Waals surface area contributed by atoms with Gasteiger partial charge in [-0.05, 0) is 37.6 Å². The molecule has 0 heterocycles. The van der Waals surface area contributed by atoms with Crippen molar-refractivity contribution in [1.29, 1.82) is 0 Å². The molecular formula is C17H21NOS. The third-order valence-electron chi connectivity index (χ3n) is 3.01. The lowest BCUT2D eigenvalue weighted by Gasteiger charge is -2.14. The van der Waals surface area contributed by atoms with Gasteiger partial charge in [-0.15, -0.1) is 11.8 Å². The summed E-state index contributed by atoms with van der Waals surface area (Å²) < 4.78 is 5.90. The Labute approximate surface area is 125 Å². The van der Waals surface area contributed by atoms with Gasteiger partial charge in [0.05, 0.1) is 6.61 Å². The van der Waals surface area contributed by atoms with E-state index in [1.807, 2.05) is 13.0 Å². The molecule has 1 atom stereocenters. The van der Waals surface area contributed by atoms with Gasteiger partial charge in [-0.25, -0.2) is 0 Å². The molecule has 0 unspecified atom stereocenters. The van der Waals surface area contributed by atoms with Crippen LogP contribution in [-0.4, -0.2) is 12.4 Å². The minimum atomic E-state index is -0.00706. The van der Waals surface area contributed by atoms with Crippen LogP contribution in [0.25, 0.3) is 0 Å². The van der Waals surface area contributed by atoms with E-state index in [1.165, 1.54) is 10.5 Å². The largest absolute Gasteiger partial charge is 0.492 e. The number of rotatable bonds is 6. The van der Waals surface area contributed by atoms with Gasteiger partial charge < -0.3 is 10.5 Å². The summed E-state index contributed by atoms with van der Waals surface area (Å²) in [4.78, 5) is 1.27. The molecule has 106 valence electrons. The lowest BCUT2D eigenvalue weighted by atomic mass is 10.1. The van der Waals surface area contributed by atoms with Gasteiger partial charge in [-0.3, -0.25) is 0 Å². The molecule has 2 aromatic rings. The van der Waals surface area contributed by atoms with Crippen molar-refractivity contribution in [3.63, 3.8) is 0 Å². The molecule has 20 heavy (non-hydrogen) atoms. The van der Waals surface area contributed by atoms with Crippen LogP contribution in [0, 0.1) is 6.92 Å². The quantitative estimate of drug-likeness (QED) is 0.639. The summed E-state index contributed by atoms with van der Waals surface area (Å²) in [5, 5.41) is 0. The van der Waals surface area contributed by atoms with Crippen molar-refractivity contribution >= 4 is 11.8 Å². The number of hydrogen-bond donors (Lipinski definition) is 1. The maximum atomic E-state index is 5.97. The van der Waals surface area contributed by atoms with Gasteiger partial charge in [0, 0.05) is 22.3 Å². The van der Waals surface area contributed by atoms with Gasteiger partial charge >= 0.3 is 0 Å². The van der Waals surface area contributed by atoms with Crippen molar-refractivity contribution in [2.24, 2.45) is 5.73 Å².